The van der Waals surface area contributed by atoms with Crippen molar-refractivity contribution in [3.05, 3.63) is 53.0 Å². The molecule has 1 aromatic carbocycles. The van der Waals surface area contributed by atoms with Gasteiger partial charge in [0.05, 0.1) is 18.2 Å². The molecular weight excluding hydrogens is 360 g/mol. The zero-order valence-electron chi connectivity index (χ0n) is 17.9. The molecule has 3 heterocycles. The number of hydrogen-bond donors (Lipinski definition) is 0. The van der Waals surface area contributed by atoms with Gasteiger partial charge >= 0.3 is 0 Å². The molecule has 0 N–H and O–H groups in total. The lowest BCUT2D eigenvalue weighted by atomic mass is 9.93. The van der Waals surface area contributed by atoms with Crippen LogP contribution in [0.25, 0.3) is 0 Å². The van der Waals surface area contributed by atoms with Crippen LogP contribution in [0.15, 0.2) is 30.3 Å². The Labute approximate surface area is 174 Å². The number of piperidine rings is 1. The fraction of sp³-hybridized carbons (Fsp3) is 0.542. The summed E-state index contributed by atoms with van der Waals surface area (Å²) >= 11 is 0. The number of aromatic nitrogens is 2. The molecule has 1 saturated heterocycles. The van der Waals surface area contributed by atoms with Crippen LogP contribution in [0.5, 0.6) is 0 Å². The van der Waals surface area contributed by atoms with E-state index < -0.39 is 0 Å². The van der Waals surface area contributed by atoms with Crippen molar-refractivity contribution in [2.75, 3.05) is 24.5 Å². The summed E-state index contributed by atoms with van der Waals surface area (Å²) in [7, 11) is 0. The molecule has 2 aliphatic rings. The van der Waals surface area contributed by atoms with Gasteiger partial charge < -0.3 is 9.80 Å². The van der Waals surface area contributed by atoms with Crippen LogP contribution in [0.3, 0.4) is 0 Å². The highest BCUT2D eigenvalue weighted by Gasteiger charge is 2.31. The van der Waals surface area contributed by atoms with E-state index >= 15 is 0 Å². The molecule has 0 spiro atoms. The Balaban J connectivity index is 1.59. The maximum atomic E-state index is 13.4. The zero-order valence-corrected chi connectivity index (χ0v) is 17.9. The molecule has 1 amide bonds. The summed E-state index contributed by atoms with van der Waals surface area (Å²) in [5.74, 6) is 2.82. The zero-order chi connectivity index (χ0) is 20.4. The Morgan fingerprint density at radius 1 is 1.14 bits per heavy atom. The number of carbonyl (C=O) groups is 1. The number of aryl methyl sites for hydroxylation is 1. The van der Waals surface area contributed by atoms with E-state index in [-0.39, 0.29) is 11.8 Å². The van der Waals surface area contributed by atoms with Crippen LogP contribution in [-0.4, -0.2) is 40.4 Å². The van der Waals surface area contributed by atoms with E-state index in [4.69, 9.17) is 9.97 Å². The van der Waals surface area contributed by atoms with Crippen molar-refractivity contribution < 1.29 is 4.79 Å². The predicted molar refractivity (Wildman–Crippen MR) is 116 cm³/mol. The first kappa shape index (κ1) is 19.9. The van der Waals surface area contributed by atoms with Gasteiger partial charge in [-0.15, -0.1) is 0 Å². The van der Waals surface area contributed by atoms with Gasteiger partial charge in [-0.25, -0.2) is 9.97 Å². The third kappa shape index (κ3) is 4.14. The minimum atomic E-state index is -0.0802. The van der Waals surface area contributed by atoms with Crippen LogP contribution in [0.2, 0.25) is 0 Å². The molecule has 0 radical (unpaired) electrons. The van der Waals surface area contributed by atoms with Crippen molar-refractivity contribution in [3.63, 3.8) is 0 Å². The summed E-state index contributed by atoms with van der Waals surface area (Å²) in [6.45, 7) is 9.85. The van der Waals surface area contributed by atoms with Crippen LogP contribution < -0.4 is 4.90 Å². The average Bonchev–Trinajstić information content (AvgIpc) is 2.74. The van der Waals surface area contributed by atoms with Crippen LogP contribution in [0.1, 0.15) is 61.7 Å². The summed E-state index contributed by atoms with van der Waals surface area (Å²) in [4.78, 5) is 27.4. The third-order valence-corrected chi connectivity index (χ3v) is 6.45. The van der Waals surface area contributed by atoms with Crippen molar-refractivity contribution >= 4 is 11.7 Å². The van der Waals surface area contributed by atoms with E-state index in [0.717, 1.165) is 66.9 Å². The van der Waals surface area contributed by atoms with Gasteiger partial charge in [-0.05, 0) is 37.7 Å². The molecule has 5 heteroatoms. The standard InChI is InChI=1S/C24H32N4O/c1-4-20(19-8-6-5-7-9-19)24(29)28-15-12-22-21(16-28)23(26-18(3)25-22)27-13-10-17(2)11-14-27/h5-9,17,20H,4,10-16H2,1-3H3. The number of amides is 1. The van der Waals surface area contributed by atoms with E-state index in [1.165, 1.54) is 12.8 Å². The van der Waals surface area contributed by atoms with Gasteiger partial charge in [0.25, 0.3) is 0 Å². The molecule has 0 bridgehead atoms. The summed E-state index contributed by atoms with van der Waals surface area (Å²) in [6, 6.07) is 10.2. The lowest BCUT2D eigenvalue weighted by Gasteiger charge is -2.36. The highest BCUT2D eigenvalue weighted by Crippen LogP contribution is 2.31. The first-order valence-corrected chi connectivity index (χ1v) is 11.0. The Kier molecular flexibility index (Phi) is 5.84. The third-order valence-electron chi connectivity index (χ3n) is 6.45. The molecule has 154 valence electrons. The molecule has 1 unspecified atom stereocenters. The molecule has 1 atom stereocenters. The second-order valence-electron chi connectivity index (χ2n) is 8.57. The normalized spacial score (nSPS) is 18.4. The van der Waals surface area contributed by atoms with Crippen LogP contribution in [-0.2, 0) is 17.8 Å². The summed E-state index contributed by atoms with van der Waals surface area (Å²) < 4.78 is 0. The maximum absolute atomic E-state index is 13.4. The molecule has 1 aromatic heterocycles. The minimum absolute atomic E-state index is 0.0802. The van der Waals surface area contributed by atoms with Crippen molar-refractivity contribution in [3.8, 4) is 0 Å². The van der Waals surface area contributed by atoms with E-state index in [0.29, 0.717) is 6.54 Å². The van der Waals surface area contributed by atoms with E-state index in [1.807, 2.05) is 30.0 Å². The van der Waals surface area contributed by atoms with Crippen LogP contribution >= 0.6 is 0 Å². The first-order chi connectivity index (χ1) is 14.1. The first-order valence-electron chi connectivity index (χ1n) is 11.0. The van der Waals surface area contributed by atoms with Gasteiger partial charge in [-0.1, -0.05) is 44.2 Å². The number of anilines is 1. The second-order valence-corrected chi connectivity index (χ2v) is 8.57. The molecule has 2 aliphatic heterocycles. The van der Waals surface area contributed by atoms with Crippen molar-refractivity contribution in [1.82, 2.24) is 14.9 Å². The fourth-order valence-corrected chi connectivity index (χ4v) is 4.65. The number of carbonyl (C=O) groups excluding carboxylic acids is 1. The molecule has 2 aromatic rings. The largest absolute Gasteiger partial charge is 0.356 e. The number of nitrogens with zero attached hydrogens (tertiary/aromatic N) is 4. The SMILES string of the molecule is CCC(C(=O)N1CCc2nc(C)nc(N3CCC(C)CC3)c2C1)c1ccccc1. The van der Waals surface area contributed by atoms with Gasteiger partial charge in [-0.3, -0.25) is 4.79 Å². The smallest absolute Gasteiger partial charge is 0.230 e. The molecule has 4 rings (SSSR count). The summed E-state index contributed by atoms with van der Waals surface area (Å²) in [6.07, 6.45) is 4.03. The Hall–Kier alpha value is -2.43. The molecule has 0 aliphatic carbocycles. The quantitative estimate of drug-likeness (QED) is 0.786. The van der Waals surface area contributed by atoms with Crippen molar-refractivity contribution in [2.24, 2.45) is 5.92 Å². The van der Waals surface area contributed by atoms with Crippen molar-refractivity contribution in [2.45, 2.75) is 58.9 Å². The lowest BCUT2D eigenvalue weighted by Crippen LogP contribution is -2.41. The number of fused-ring (bicyclic) bond motifs is 1. The van der Waals surface area contributed by atoms with Gasteiger partial charge in [-0.2, -0.15) is 0 Å². The summed E-state index contributed by atoms with van der Waals surface area (Å²) in [5, 5.41) is 0. The minimum Gasteiger partial charge on any atom is -0.356 e. The lowest BCUT2D eigenvalue weighted by molar-refractivity contribution is -0.133. The Bertz CT molecular complexity index is 859. The molecule has 5 nitrogen and oxygen atoms in total. The number of benzene rings is 1. The summed E-state index contributed by atoms with van der Waals surface area (Å²) in [5.41, 5.74) is 3.40. The second kappa shape index (κ2) is 8.52. The molecular formula is C24H32N4O. The van der Waals surface area contributed by atoms with E-state index in [2.05, 4.69) is 30.9 Å². The van der Waals surface area contributed by atoms with Gasteiger partial charge in [0.2, 0.25) is 5.91 Å². The van der Waals surface area contributed by atoms with Crippen LogP contribution in [0, 0.1) is 12.8 Å². The fourth-order valence-electron chi connectivity index (χ4n) is 4.65. The Morgan fingerprint density at radius 3 is 2.55 bits per heavy atom. The van der Waals surface area contributed by atoms with Gasteiger partial charge in [0, 0.05) is 31.6 Å². The molecule has 29 heavy (non-hydrogen) atoms. The van der Waals surface area contributed by atoms with Crippen molar-refractivity contribution in [1.29, 1.82) is 0 Å². The maximum Gasteiger partial charge on any atom is 0.230 e. The topological polar surface area (TPSA) is 49.3 Å². The Morgan fingerprint density at radius 2 is 1.86 bits per heavy atom. The molecule has 1 fully saturated rings. The predicted octanol–water partition coefficient (Wildman–Crippen LogP) is 4.10. The van der Waals surface area contributed by atoms with E-state index in [9.17, 15) is 4.79 Å². The highest BCUT2D eigenvalue weighted by atomic mass is 16.2. The van der Waals surface area contributed by atoms with Gasteiger partial charge in [0.1, 0.15) is 11.6 Å². The molecule has 0 saturated carbocycles. The highest BCUT2D eigenvalue weighted by molar-refractivity contribution is 5.84. The van der Waals surface area contributed by atoms with Crippen LogP contribution in [0.4, 0.5) is 5.82 Å². The van der Waals surface area contributed by atoms with Gasteiger partial charge in [0.15, 0.2) is 0 Å². The van der Waals surface area contributed by atoms with E-state index in [1.54, 1.807) is 0 Å². The number of hydrogen-bond acceptors (Lipinski definition) is 4. The average molecular weight is 393 g/mol. The number of rotatable bonds is 4. The monoisotopic (exact) mass is 392 g/mol.